The Labute approximate surface area is 148 Å². The van der Waals surface area contributed by atoms with Gasteiger partial charge < -0.3 is 13.9 Å². The highest BCUT2D eigenvalue weighted by molar-refractivity contribution is 7.08. The summed E-state index contributed by atoms with van der Waals surface area (Å²) in [4.78, 5) is 11.9. The predicted molar refractivity (Wildman–Crippen MR) is 94.1 cm³/mol. The molecular weight excluding hydrogens is 340 g/mol. The predicted octanol–water partition coefficient (Wildman–Crippen LogP) is 4.12. The minimum absolute atomic E-state index is 0.239. The monoisotopic (exact) mass is 356 g/mol. The quantitative estimate of drug-likeness (QED) is 0.488. The van der Waals surface area contributed by atoms with E-state index in [9.17, 15) is 4.79 Å². The van der Waals surface area contributed by atoms with Gasteiger partial charge in [-0.25, -0.2) is 4.79 Å². The number of hydrogen-bond donors (Lipinski definition) is 0. The minimum atomic E-state index is -0.640. The van der Waals surface area contributed by atoms with E-state index >= 15 is 0 Å². The molecule has 128 valence electrons. The smallest absolute Gasteiger partial charge is 0.331 e. The van der Waals surface area contributed by atoms with Crippen LogP contribution in [0.3, 0.4) is 0 Å². The zero-order chi connectivity index (χ0) is 17.6. The molecule has 0 N–H and O–H groups in total. The third-order valence-electron chi connectivity index (χ3n) is 3.37. The zero-order valence-corrected chi connectivity index (χ0v) is 14.5. The van der Waals surface area contributed by atoms with Crippen molar-refractivity contribution in [2.75, 3.05) is 7.11 Å². The van der Waals surface area contributed by atoms with E-state index in [0.29, 0.717) is 5.89 Å². The first-order valence-corrected chi connectivity index (χ1v) is 8.48. The second-order valence-corrected chi connectivity index (χ2v) is 5.92. The van der Waals surface area contributed by atoms with Gasteiger partial charge in [0.15, 0.2) is 6.10 Å². The summed E-state index contributed by atoms with van der Waals surface area (Å²) in [6.45, 7) is 1.68. The van der Waals surface area contributed by atoms with Crippen LogP contribution in [0.5, 0.6) is 5.75 Å². The molecule has 6 nitrogen and oxygen atoms in total. The van der Waals surface area contributed by atoms with Crippen LogP contribution in [0.2, 0.25) is 0 Å². The number of hydrogen-bond acceptors (Lipinski definition) is 7. The molecule has 25 heavy (non-hydrogen) atoms. The topological polar surface area (TPSA) is 74.5 Å². The Morgan fingerprint density at radius 2 is 2.04 bits per heavy atom. The summed E-state index contributed by atoms with van der Waals surface area (Å²) in [5.41, 5.74) is 1.71. The molecule has 1 aromatic carbocycles. The zero-order valence-electron chi connectivity index (χ0n) is 13.7. The van der Waals surface area contributed by atoms with Crippen LogP contribution in [0.4, 0.5) is 0 Å². The number of thiophene rings is 1. The van der Waals surface area contributed by atoms with E-state index in [1.54, 1.807) is 43.6 Å². The standard InChI is InChI=1S/C18H16N2O4S/c1-12(23-16(21)8-3-13-9-10-25-11-13)17-19-20-18(24-17)14-4-6-15(22-2)7-5-14/h3-12H,1-2H3/b8-3+/t12-/m0/s1. The molecule has 0 aliphatic heterocycles. The van der Waals surface area contributed by atoms with Crippen LogP contribution in [0.25, 0.3) is 17.5 Å². The highest BCUT2D eigenvalue weighted by Crippen LogP contribution is 2.24. The summed E-state index contributed by atoms with van der Waals surface area (Å²) in [7, 11) is 1.60. The van der Waals surface area contributed by atoms with Crippen LogP contribution in [-0.4, -0.2) is 23.3 Å². The fourth-order valence-electron chi connectivity index (χ4n) is 2.05. The summed E-state index contributed by atoms with van der Waals surface area (Å²) in [6, 6.07) is 9.15. The number of aromatic nitrogens is 2. The third kappa shape index (κ3) is 4.33. The lowest BCUT2D eigenvalue weighted by atomic mass is 10.2. The van der Waals surface area contributed by atoms with Gasteiger partial charge in [-0.05, 0) is 59.7 Å². The number of carbonyl (C=O) groups is 1. The van der Waals surface area contributed by atoms with Crippen molar-refractivity contribution in [1.29, 1.82) is 0 Å². The molecule has 0 unspecified atom stereocenters. The van der Waals surface area contributed by atoms with Gasteiger partial charge in [0.2, 0.25) is 5.89 Å². The number of nitrogens with zero attached hydrogens (tertiary/aromatic N) is 2. The van der Waals surface area contributed by atoms with Crippen molar-refractivity contribution < 1.29 is 18.7 Å². The number of ether oxygens (including phenoxy) is 2. The van der Waals surface area contributed by atoms with Gasteiger partial charge in [-0.15, -0.1) is 10.2 Å². The molecule has 0 saturated heterocycles. The first kappa shape index (κ1) is 16.9. The molecular formula is C18H16N2O4S. The Morgan fingerprint density at radius 1 is 1.24 bits per heavy atom. The van der Waals surface area contributed by atoms with E-state index in [0.717, 1.165) is 16.9 Å². The van der Waals surface area contributed by atoms with Gasteiger partial charge in [0.25, 0.3) is 5.89 Å². The van der Waals surface area contributed by atoms with E-state index < -0.39 is 12.1 Å². The number of carbonyl (C=O) groups excluding carboxylic acids is 1. The molecule has 0 fully saturated rings. The normalized spacial score (nSPS) is 12.2. The van der Waals surface area contributed by atoms with Gasteiger partial charge in [0.1, 0.15) is 5.75 Å². The van der Waals surface area contributed by atoms with Crippen LogP contribution >= 0.6 is 11.3 Å². The van der Waals surface area contributed by atoms with Crippen LogP contribution in [-0.2, 0) is 9.53 Å². The van der Waals surface area contributed by atoms with Crippen molar-refractivity contribution >= 4 is 23.4 Å². The Hall–Kier alpha value is -2.93. The molecule has 0 bridgehead atoms. The molecule has 1 atom stereocenters. The lowest BCUT2D eigenvalue weighted by molar-refractivity contribution is -0.143. The molecule has 0 spiro atoms. The minimum Gasteiger partial charge on any atom is -0.497 e. The maximum Gasteiger partial charge on any atom is 0.331 e. The van der Waals surface area contributed by atoms with E-state index in [1.165, 1.54) is 6.08 Å². The highest BCUT2D eigenvalue weighted by Gasteiger charge is 2.18. The molecule has 3 rings (SSSR count). The lowest BCUT2D eigenvalue weighted by Gasteiger charge is -2.06. The summed E-state index contributed by atoms with van der Waals surface area (Å²) >= 11 is 1.56. The number of benzene rings is 1. The van der Waals surface area contributed by atoms with Gasteiger partial charge in [-0.3, -0.25) is 0 Å². The first-order valence-electron chi connectivity index (χ1n) is 7.54. The summed E-state index contributed by atoms with van der Waals surface area (Å²) in [5, 5.41) is 11.8. The largest absolute Gasteiger partial charge is 0.497 e. The second kappa shape index (κ2) is 7.76. The van der Waals surface area contributed by atoms with E-state index in [2.05, 4.69) is 10.2 Å². The van der Waals surface area contributed by atoms with E-state index in [1.807, 2.05) is 29.0 Å². The molecule has 7 heteroatoms. The van der Waals surface area contributed by atoms with E-state index in [-0.39, 0.29) is 5.89 Å². The summed E-state index contributed by atoms with van der Waals surface area (Å²) in [6.07, 6.45) is 2.43. The third-order valence-corrected chi connectivity index (χ3v) is 4.07. The molecule has 0 amide bonds. The Morgan fingerprint density at radius 3 is 2.72 bits per heavy atom. The fraction of sp³-hybridized carbons (Fsp3) is 0.167. The van der Waals surface area contributed by atoms with E-state index in [4.69, 9.17) is 13.9 Å². The van der Waals surface area contributed by atoms with Crippen molar-refractivity contribution in [3.63, 3.8) is 0 Å². The van der Waals surface area contributed by atoms with Crippen molar-refractivity contribution in [2.24, 2.45) is 0 Å². The van der Waals surface area contributed by atoms with Crippen molar-refractivity contribution in [3.8, 4) is 17.2 Å². The van der Waals surface area contributed by atoms with Gasteiger partial charge in [-0.1, -0.05) is 0 Å². The SMILES string of the molecule is COc1ccc(-c2nnc([C@H](C)OC(=O)/C=C/c3ccsc3)o2)cc1. The first-order chi connectivity index (χ1) is 12.2. The lowest BCUT2D eigenvalue weighted by Crippen LogP contribution is -2.06. The van der Waals surface area contributed by atoms with Crippen LogP contribution in [0.15, 0.2) is 51.6 Å². The number of rotatable bonds is 6. The average molecular weight is 356 g/mol. The van der Waals surface area contributed by atoms with Gasteiger partial charge in [0, 0.05) is 11.6 Å². The van der Waals surface area contributed by atoms with Crippen LogP contribution in [0.1, 0.15) is 24.5 Å². The van der Waals surface area contributed by atoms with Gasteiger partial charge in [-0.2, -0.15) is 11.3 Å². The highest BCUT2D eigenvalue weighted by atomic mass is 32.1. The summed E-state index contributed by atoms with van der Waals surface area (Å²) < 4.78 is 16.0. The van der Waals surface area contributed by atoms with Gasteiger partial charge >= 0.3 is 5.97 Å². The van der Waals surface area contributed by atoms with Crippen LogP contribution < -0.4 is 4.74 Å². The fourth-order valence-corrected chi connectivity index (χ4v) is 2.68. The molecule has 0 aliphatic carbocycles. The molecule has 0 radical (unpaired) electrons. The van der Waals surface area contributed by atoms with Crippen LogP contribution in [0, 0.1) is 0 Å². The Balaban J connectivity index is 1.63. The maximum atomic E-state index is 11.9. The second-order valence-electron chi connectivity index (χ2n) is 5.14. The molecule has 0 saturated carbocycles. The van der Waals surface area contributed by atoms with Gasteiger partial charge in [0.05, 0.1) is 7.11 Å². The van der Waals surface area contributed by atoms with Crippen molar-refractivity contribution in [3.05, 3.63) is 58.6 Å². The molecule has 3 aromatic rings. The molecule has 2 heterocycles. The molecule has 2 aromatic heterocycles. The Bertz CT molecular complexity index is 854. The van der Waals surface area contributed by atoms with Crippen molar-refractivity contribution in [1.82, 2.24) is 10.2 Å². The maximum absolute atomic E-state index is 11.9. The number of methoxy groups -OCH3 is 1. The average Bonchev–Trinajstić information content (AvgIpc) is 3.32. The summed E-state index contributed by atoms with van der Waals surface area (Å²) in [5.74, 6) is 0.864. The van der Waals surface area contributed by atoms with Crippen molar-refractivity contribution in [2.45, 2.75) is 13.0 Å². The Kier molecular flexibility index (Phi) is 5.25. The number of esters is 1. The molecule has 0 aliphatic rings.